The Morgan fingerprint density at radius 1 is 0.865 bits per heavy atom. The number of esters is 4. The van der Waals surface area contributed by atoms with Gasteiger partial charge in [0.15, 0.2) is 11.5 Å². The summed E-state index contributed by atoms with van der Waals surface area (Å²) in [7, 11) is 0. The summed E-state index contributed by atoms with van der Waals surface area (Å²) in [6, 6.07) is 3.68. The number of carbonyl (C=O) groups excluding carboxylic acids is 4. The highest BCUT2D eigenvalue weighted by atomic mass is 16.6. The van der Waals surface area contributed by atoms with Crippen LogP contribution < -0.4 is 15.2 Å². The van der Waals surface area contributed by atoms with Crippen LogP contribution in [0.2, 0.25) is 0 Å². The van der Waals surface area contributed by atoms with E-state index in [1.807, 2.05) is 20.8 Å². The minimum absolute atomic E-state index is 0.0825. The van der Waals surface area contributed by atoms with Gasteiger partial charge in [0.1, 0.15) is 18.8 Å². The quantitative estimate of drug-likeness (QED) is 0.280. The summed E-state index contributed by atoms with van der Waals surface area (Å²) in [6.45, 7) is 14.2. The highest BCUT2D eigenvalue weighted by Gasteiger charge is 2.29. The fraction of sp³-hybridized carbons (Fsp3) is 0.643. The molecule has 0 aliphatic rings. The molecule has 0 saturated heterocycles. The van der Waals surface area contributed by atoms with E-state index in [1.54, 1.807) is 40.7 Å². The molecule has 4 atom stereocenters. The van der Waals surface area contributed by atoms with Gasteiger partial charge < -0.3 is 24.7 Å². The summed E-state index contributed by atoms with van der Waals surface area (Å²) in [5, 5.41) is 0. The van der Waals surface area contributed by atoms with Gasteiger partial charge in [0, 0.05) is 0 Å². The predicted molar refractivity (Wildman–Crippen MR) is 139 cm³/mol. The molecule has 2 unspecified atom stereocenters. The maximum Gasteiger partial charge on any atom is 0.323 e. The standard InChI is InChI=1S/C28H43NO8/c1-9-17(4)24(30)36-22-13-12-20(15-23(22)37-25(31)18(5)10-2)14-21(29)26(32)34-16-19(6)35-27(33)28(7,8)11-3/h12-13,15,17-19,21H,9-11,14,16,29H2,1-8H3/t17?,18?,19-,21-/m0/s1. The van der Waals surface area contributed by atoms with Gasteiger partial charge >= 0.3 is 23.9 Å². The number of nitrogens with two attached hydrogens (primary N) is 1. The van der Waals surface area contributed by atoms with Crippen LogP contribution in [-0.4, -0.2) is 42.6 Å². The summed E-state index contributed by atoms with van der Waals surface area (Å²) >= 11 is 0. The molecule has 0 radical (unpaired) electrons. The molecule has 0 fully saturated rings. The van der Waals surface area contributed by atoms with Crippen LogP contribution in [0.5, 0.6) is 11.5 Å². The van der Waals surface area contributed by atoms with Gasteiger partial charge in [-0.15, -0.1) is 0 Å². The first-order chi connectivity index (χ1) is 17.2. The Labute approximate surface area is 220 Å². The minimum atomic E-state index is -1.01. The molecule has 0 aromatic heterocycles. The smallest absolute Gasteiger partial charge is 0.323 e. The van der Waals surface area contributed by atoms with Crippen molar-refractivity contribution in [3.05, 3.63) is 23.8 Å². The van der Waals surface area contributed by atoms with Crippen LogP contribution >= 0.6 is 0 Å². The van der Waals surface area contributed by atoms with E-state index in [1.165, 1.54) is 12.1 Å². The minimum Gasteiger partial charge on any atom is -0.461 e. The van der Waals surface area contributed by atoms with Crippen LogP contribution in [0, 0.1) is 17.3 Å². The lowest BCUT2D eigenvalue weighted by atomic mass is 9.91. The summed E-state index contributed by atoms with van der Waals surface area (Å²) in [5.41, 5.74) is 6.01. The van der Waals surface area contributed by atoms with Crippen molar-refractivity contribution in [1.82, 2.24) is 0 Å². The molecular formula is C28H43NO8. The molecule has 0 bridgehead atoms. The van der Waals surface area contributed by atoms with Crippen LogP contribution in [0.3, 0.4) is 0 Å². The van der Waals surface area contributed by atoms with E-state index in [0.717, 1.165) is 0 Å². The zero-order valence-corrected chi connectivity index (χ0v) is 23.4. The summed E-state index contributed by atoms with van der Waals surface area (Å²) in [4.78, 5) is 49.4. The largest absolute Gasteiger partial charge is 0.461 e. The molecule has 37 heavy (non-hydrogen) atoms. The number of rotatable bonds is 14. The lowest BCUT2D eigenvalue weighted by molar-refractivity contribution is -0.166. The van der Waals surface area contributed by atoms with Crippen molar-refractivity contribution in [3.63, 3.8) is 0 Å². The summed E-state index contributed by atoms with van der Waals surface area (Å²) in [5.74, 6) is -2.40. The van der Waals surface area contributed by atoms with Crippen molar-refractivity contribution in [2.75, 3.05) is 6.61 Å². The fourth-order valence-corrected chi connectivity index (χ4v) is 2.76. The van der Waals surface area contributed by atoms with E-state index in [-0.39, 0.29) is 42.3 Å². The summed E-state index contributed by atoms with van der Waals surface area (Å²) in [6.07, 6.45) is 1.27. The van der Waals surface area contributed by atoms with Gasteiger partial charge in [-0.1, -0.05) is 40.7 Å². The van der Waals surface area contributed by atoms with E-state index in [4.69, 9.17) is 24.7 Å². The molecule has 208 valence electrons. The molecule has 9 heteroatoms. The second-order valence-corrected chi connectivity index (χ2v) is 10.1. The van der Waals surface area contributed by atoms with Crippen LogP contribution in [0.4, 0.5) is 0 Å². The second-order valence-electron chi connectivity index (χ2n) is 10.1. The first kappa shape index (κ1) is 32.1. The Balaban J connectivity index is 2.90. The van der Waals surface area contributed by atoms with Crippen molar-refractivity contribution in [3.8, 4) is 11.5 Å². The molecular weight excluding hydrogens is 478 g/mol. The van der Waals surface area contributed by atoms with Gasteiger partial charge in [-0.3, -0.25) is 19.2 Å². The lowest BCUT2D eigenvalue weighted by Crippen LogP contribution is -2.37. The van der Waals surface area contributed by atoms with Gasteiger partial charge in [0.25, 0.3) is 0 Å². The molecule has 1 rings (SSSR count). The monoisotopic (exact) mass is 521 g/mol. The van der Waals surface area contributed by atoms with Gasteiger partial charge in [0.2, 0.25) is 0 Å². The first-order valence-corrected chi connectivity index (χ1v) is 12.9. The highest BCUT2D eigenvalue weighted by Crippen LogP contribution is 2.31. The molecule has 0 spiro atoms. The third-order valence-corrected chi connectivity index (χ3v) is 6.42. The van der Waals surface area contributed by atoms with Crippen LogP contribution in [-0.2, 0) is 35.1 Å². The number of ether oxygens (including phenoxy) is 4. The Bertz CT molecular complexity index is 942. The SMILES string of the molecule is CCC(C)C(=O)Oc1ccc(C[C@H](N)C(=O)OC[C@H](C)OC(=O)C(C)(C)CC)cc1OC(=O)C(C)CC. The Kier molecular flexibility index (Phi) is 12.8. The average molecular weight is 522 g/mol. The van der Waals surface area contributed by atoms with Gasteiger partial charge in [-0.25, -0.2) is 0 Å². The second kappa shape index (κ2) is 14.7. The van der Waals surface area contributed by atoms with E-state index >= 15 is 0 Å². The average Bonchev–Trinajstić information content (AvgIpc) is 2.87. The molecule has 0 heterocycles. The Morgan fingerprint density at radius 3 is 1.92 bits per heavy atom. The lowest BCUT2D eigenvalue weighted by Gasteiger charge is -2.23. The first-order valence-electron chi connectivity index (χ1n) is 12.9. The number of hydrogen-bond donors (Lipinski definition) is 1. The zero-order chi connectivity index (χ0) is 28.3. The number of hydrogen-bond acceptors (Lipinski definition) is 9. The third-order valence-electron chi connectivity index (χ3n) is 6.42. The van der Waals surface area contributed by atoms with Crippen molar-refractivity contribution in [2.45, 2.75) is 93.2 Å². The maximum atomic E-state index is 12.5. The Hall–Kier alpha value is -2.94. The molecule has 9 nitrogen and oxygen atoms in total. The van der Waals surface area contributed by atoms with Crippen molar-refractivity contribution < 1.29 is 38.1 Å². The molecule has 1 aromatic carbocycles. The van der Waals surface area contributed by atoms with Crippen LogP contribution in [0.1, 0.15) is 80.2 Å². The van der Waals surface area contributed by atoms with Crippen LogP contribution in [0.15, 0.2) is 18.2 Å². The Morgan fingerprint density at radius 2 is 1.41 bits per heavy atom. The predicted octanol–water partition coefficient (Wildman–Crippen LogP) is 4.37. The zero-order valence-electron chi connectivity index (χ0n) is 23.4. The molecule has 0 aliphatic heterocycles. The number of carbonyl (C=O) groups is 4. The third kappa shape index (κ3) is 10.1. The van der Waals surface area contributed by atoms with Crippen molar-refractivity contribution >= 4 is 23.9 Å². The normalized spacial score (nSPS) is 14.6. The topological polar surface area (TPSA) is 131 Å². The maximum absolute atomic E-state index is 12.5. The van der Waals surface area contributed by atoms with Crippen molar-refractivity contribution in [2.24, 2.45) is 23.0 Å². The van der Waals surface area contributed by atoms with E-state index in [0.29, 0.717) is 24.8 Å². The van der Waals surface area contributed by atoms with Crippen molar-refractivity contribution in [1.29, 1.82) is 0 Å². The van der Waals surface area contributed by atoms with E-state index in [2.05, 4.69) is 0 Å². The molecule has 1 aromatic rings. The van der Waals surface area contributed by atoms with E-state index in [9.17, 15) is 19.2 Å². The highest BCUT2D eigenvalue weighted by molar-refractivity contribution is 5.79. The molecule has 0 aliphatic carbocycles. The number of benzene rings is 1. The summed E-state index contributed by atoms with van der Waals surface area (Å²) < 4.78 is 21.6. The van der Waals surface area contributed by atoms with Gasteiger partial charge in [0.05, 0.1) is 17.3 Å². The van der Waals surface area contributed by atoms with Gasteiger partial charge in [-0.05, 0) is 64.2 Å². The van der Waals surface area contributed by atoms with Crippen LogP contribution in [0.25, 0.3) is 0 Å². The molecule has 0 amide bonds. The van der Waals surface area contributed by atoms with E-state index < -0.39 is 35.5 Å². The van der Waals surface area contributed by atoms with Gasteiger partial charge in [-0.2, -0.15) is 0 Å². The fourth-order valence-electron chi connectivity index (χ4n) is 2.76. The molecule has 0 saturated carbocycles. The molecule has 2 N–H and O–H groups in total.